The van der Waals surface area contributed by atoms with Gasteiger partial charge in [-0.1, -0.05) is 30.3 Å². The topological polar surface area (TPSA) is 93.9 Å². The number of carbonyl (C=O) groups excluding carboxylic acids is 1. The molecule has 7 heteroatoms. The predicted molar refractivity (Wildman–Crippen MR) is 85.4 cm³/mol. The van der Waals surface area contributed by atoms with Crippen molar-refractivity contribution in [1.29, 1.82) is 5.26 Å². The van der Waals surface area contributed by atoms with E-state index in [4.69, 9.17) is 15.2 Å². The van der Waals surface area contributed by atoms with E-state index < -0.39 is 12.0 Å². The Kier molecular flexibility index (Phi) is 6.29. The highest BCUT2D eigenvalue weighted by Gasteiger charge is 2.34. The Balaban J connectivity index is 2.03. The van der Waals surface area contributed by atoms with Crippen molar-refractivity contribution >= 4 is 11.9 Å². The van der Waals surface area contributed by atoms with E-state index in [1.807, 2.05) is 30.3 Å². The fourth-order valence-corrected chi connectivity index (χ4v) is 2.88. The van der Waals surface area contributed by atoms with E-state index in [2.05, 4.69) is 6.07 Å². The minimum Gasteiger partial charge on any atom is -0.480 e. The van der Waals surface area contributed by atoms with Crippen LogP contribution in [0.25, 0.3) is 0 Å². The van der Waals surface area contributed by atoms with Crippen LogP contribution in [0.2, 0.25) is 0 Å². The van der Waals surface area contributed by atoms with E-state index in [1.165, 1.54) is 12.0 Å². The normalized spacial score (nSPS) is 21.0. The predicted octanol–water partition coefficient (Wildman–Crippen LogP) is 1.41. The fourth-order valence-electron chi connectivity index (χ4n) is 2.88. The number of nitrogens with zero attached hydrogens (tertiary/aromatic N) is 3. The third-order valence-electron chi connectivity index (χ3n) is 4.00. The molecule has 24 heavy (non-hydrogen) atoms. The molecule has 1 amide bonds. The van der Waals surface area contributed by atoms with Crippen molar-refractivity contribution in [2.24, 2.45) is 0 Å². The smallest absolute Gasteiger partial charge is 0.317 e. The lowest BCUT2D eigenvalue weighted by molar-refractivity contribution is -0.210. The van der Waals surface area contributed by atoms with Gasteiger partial charge in [0.25, 0.3) is 0 Å². The minimum atomic E-state index is -0.990. The second-order valence-electron chi connectivity index (χ2n) is 5.80. The number of carbonyl (C=O) groups is 2. The number of amides is 1. The van der Waals surface area contributed by atoms with E-state index in [0.717, 1.165) is 5.56 Å². The maximum absolute atomic E-state index is 11.9. The number of rotatable bonds is 6. The Hall–Kier alpha value is -2.43. The summed E-state index contributed by atoms with van der Waals surface area (Å²) in [4.78, 5) is 30.2. The van der Waals surface area contributed by atoms with Crippen LogP contribution >= 0.6 is 0 Å². The van der Waals surface area contributed by atoms with Gasteiger partial charge < -0.3 is 5.11 Å². The van der Waals surface area contributed by atoms with Crippen molar-refractivity contribution in [3.05, 3.63) is 35.9 Å². The first kappa shape index (κ1) is 17.9. The summed E-state index contributed by atoms with van der Waals surface area (Å²) in [6.45, 7) is 1.76. The van der Waals surface area contributed by atoms with Gasteiger partial charge in [-0.25, -0.2) is 5.06 Å². The molecule has 0 saturated carbocycles. The molecule has 1 aliphatic rings. The summed E-state index contributed by atoms with van der Waals surface area (Å²) in [5, 5.41) is 19.5. The lowest BCUT2D eigenvalue weighted by atomic mass is 9.98. The van der Waals surface area contributed by atoms with Crippen LogP contribution in [0.15, 0.2) is 30.3 Å². The number of likely N-dealkylation sites (tertiary alicyclic amines) is 1. The monoisotopic (exact) mass is 331 g/mol. The first-order valence-electron chi connectivity index (χ1n) is 7.83. The number of hydrogen-bond acceptors (Lipinski definition) is 5. The molecule has 1 aliphatic heterocycles. The van der Waals surface area contributed by atoms with E-state index in [1.54, 1.807) is 4.90 Å². The summed E-state index contributed by atoms with van der Waals surface area (Å²) in [6.07, 6.45) is 1.11. The minimum absolute atomic E-state index is 0.223. The average molecular weight is 331 g/mol. The Morgan fingerprint density at radius 2 is 2.08 bits per heavy atom. The van der Waals surface area contributed by atoms with E-state index >= 15 is 0 Å². The van der Waals surface area contributed by atoms with Gasteiger partial charge in [-0.3, -0.25) is 19.3 Å². The number of hydrogen-bond donors (Lipinski definition) is 1. The maximum Gasteiger partial charge on any atom is 0.317 e. The van der Waals surface area contributed by atoms with Crippen LogP contribution in [-0.2, 0) is 21.0 Å². The number of benzene rings is 1. The third kappa shape index (κ3) is 4.78. The Morgan fingerprint density at radius 3 is 2.67 bits per heavy atom. The van der Waals surface area contributed by atoms with Gasteiger partial charge in [-0.05, 0) is 18.4 Å². The number of nitriles is 1. The van der Waals surface area contributed by atoms with Gasteiger partial charge in [0, 0.05) is 13.5 Å². The first-order chi connectivity index (χ1) is 11.5. The summed E-state index contributed by atoms with van der Waals surface area (Å²) in [5.74, 6) is -1.22. The van der Waals surface area contributed by atoms with E-state index in [9.17, 15) is 9.59 Å². The highest BCUT2D eigenvalue weighted by Crippen LogP contribution is 2.22. The molecule has 0 aromatic heterocycles. The molecule has 1 aromatic rings. The van der Waals surface area contributed by atoms with Gasteiger partial charge in [0.1, 0.15) is 6.61 Å². The SMILES string of the molecule is CC(=O)N(OCc1ccccc1)[C@@H]1CC[C@@H](C#N)N(CC(=O)O)C1. The van der Waals surface area contributed by atoms with Crippen LogP contribution in [0.1, 0.15) is 25.3 Å². The summed E-state index contributed by atoms with van der Waals surface area (Å²) < 4.78 is 0. The molecule has 0 radical (unpaired) electrons. The second-order valence-corrected chi connectivity index (χ2v) is 5.80. The zero-order valence-electron chi connectivity index (χ0n) is 13.6. The van der Waals surface area contributed by atoms with Gasteiger partial charge in [-0.2, -0.15) is 5.26 Å². The number of piperidine rings is 1. The zero-order valence-corrected chi connectivity index (χ0v) is 13.6. The summed E-state index contributed by atoms with van der Waals surface area (Å²) >= 11 is 0. The molecule has 1 saturated heterocycles. The first-order valence-corrected chi connectivity index (χ1v) is 7.83. The van der Waals surface area contributed by atoms with Crippen molar-refractivity contribution in [3.8, 4) is 6.07 Å². The number of aliphatic carboxylic acids is 1. The standard InChI is InChI=1S/C17H21N3O4/c1-13(21)20(24-12-14-5-3-2-4-6-14)16-8-7-15(9-18)19(10-16)11-17(22)23/h2-6,15-16H,7-8,10-12H2,1H3,(H,22,23)/t15-,16+/m0/s1. The van der Waals surface area contributed by atoms with Gasteiger partial charge in [0.15, 0.2) is 0 Å². The molecular formula is C17H21N3O4. The average Bonchev–Trinajstić information content (AvgIpc) is 2.55. The molecule has 7 nitrogen and oxygen atoms in total. The van der Waals surface area contributed by atoms with Gasteiger partial charge in [0.05, 0.1) is 24.7 Å². The number of carboxylic acid groups (broad SMARTS) is 1. The summed E-state index contributed by atoms with van der Waals surface area (Å²) in [5.41, 5.74) is 0.942. The van der Waals surface area contributed by atoms with Crippen LogP contribution < -0.4 is 0 Å². The van der Waals surface area contributed by atoms with Crippen LogP contribution in [0.4, 0.5) is 0 Å². The quantitative estimate of drug-likeness (QED) is 0.792. The van der Waals surface area contributed by atoms with Crippen molar-refractivity contribution in [2.75, 3.05) is 13.1 Å². The van der Waals surface area contributed by atoms with Crippen molar-refractivity contribution in [2.45, 2.75) is 38.5 Å². The van der Waals surface area contributed by atoms with Gasteiger partial charge in [0.2, 0.25) is 5.91 Å². The van der Waals surface area contributed by atoms with Crippen LogP contribution in [0.5, 0.6) is 0 Å². The van der Waals surface area contributed by atoms with Gasteiger partial charge >= 0.3 is 5.97 Å². The largest absolute Gasteiger partial charge is 0.480 e. The van der Waals surface area contributed by atoms with Crippen molar-refractivity contribution < 1.29 is 19.5 Å². The van der Waals surface area contributed by atoms with Crippen molar-refractivity contribution in [1.82, 2.24) is 9.96 Å². The Morgan fingerprint density at radius 1 is 1.38 bits per heavy atom. The molecule has 0 bridgehead atoms. The molecule has 0 unspecified atom stereocenters. The number of carboxylic acids is 1. The number of hydroxylamine groups is 2. The molecule has 1 heterocycles. The molecule has 1 aromatic carbocycles. The molecule has 1 fully saturated rings. The summed E-state index contributed by atoms with van der Waals surface area (Å²) in [6, 6.07) is 10.9. The highest BCUT2D eigenvalue weighted by molar-refractivity contribution is 5.72. The van der Waals surface area contributed by atoms with E-state index in [0.29, 0.717) is 19.4 Å². The van der Waals surface area contributed by atoms with E-state index in [-0.39, 0.29) is 25.1 Å². The zero-order chi connectivity index (χ0) is 17.5. The highest BCUT2D eigenvalue weighted by atomic mass is 16.7. The Bertz CT molecular complexity index is 614. The van der Waals surface area contributed by atoms with Crippen LogP contribution in [-0.4, -0.2) is 52.1 Å². The Labute approximate surface area is 141 Å². The van der Waals surface area contributed by atoms with Crippen LogP contribution in [0.3, 0.4) is 0 Å². The second kappa shape index (κ2) is 8.43. The lowest BCUT2D eigenvalue weighted by Crippen LogP contribution is -2.53. The maximum atomic E-state index is 11.9. The van der Waals surface area contributed by atoms with Crippen LogP contribution in [0, 0.1) is 11.3 Å². The molecule has 0 aliphatic carbocycles. The molecule has 1 N–H and O–H groups in total. The van der Waals surface area contributed by atoms with Gasteiger partial charge in [-0.15, -0.1) is 0 Å². The lowest BCUT2D eigenvalue weighted by Gasteiger charge is -2.39. The fraction of sp³-hybridized carbons (Fsp3) is 0.471. The molecule has 128 valence electrons. The third-order valence-corrected chi connectivity index (χ3v) is 4.00. The molecule has 2 rings (SSSR count). The molecule has 2 atom stereocenters. The molecule has 0 spiro atoms. The van der Waals surface area contributed by atoms with Crippen molar-refractivity contribution in [3.63, 3.8) is 0 Å². The molecular weight excluding hydrogens is 310 g/mol. The summed E-state index contributed by atoms with van der Waals surface area (Å²) in [7, 11) is 0.